The van der Waals surface area contributed by atoms with Crippen molar-refractivity contribution >= 4 is 11.8 Å². The summed E-state index contributed by atoms with van der Waals surface area (Å²) in [7, 11) is 1.64. The largest absolute Gasteiger partial charge is 0.496 e. The van der Waals surface area contributed by atoms with Crippen molar-refractivity contribution in [3.8, 4) is 5.75 Å². The van der Waals surface area contributed by atoms with Gasteiger partial charge in [-0.3, -0.25) is 9.59 Å². The lowest BCUT2D eigenvalue weighted by Crippen LogP contribution is -2.43. The van der Waals surface area contributed by atoms with E-state index in [0.29, 0.717) is 39.1 Å². The second-order valence-corrected chi connectivity index (χ2v) is 7.02. The normalized spacial score (nSPS) is 22.9. The minimum atomic E-state index is 0.0348. The van der Waals surface area contributed by atoms with Crippen molar-refractivity contribution in [1.82, 2.24) is 10.2 Å². The van der Waals surface area contributed by atoms with E-state index in [0.717, 1.165) is 30.6 Å². The van der Waals surface area contributed by atoms with E-state index in [1.165, 1.54) is 0 Å². The van der Waals surface area contributed by atoms with E-state index in [-0.39, 0.29) is 23.8 Å². The van der Waals surface area contributed by atoms with Crippen molar-refractivity contribution in [3.63, 3.8) is 0 Å². The molecule has 3 rings (SSSR count). The second-order valence-electron chi connectivity index (χ2n) is 7.02. The molecule has 1 aliphatic heterocycles. The van der Waals surface area contributed by atoms with Crippen LogP contribution in [0, 0.1) is 5.92 Å². The number of carbonyl (C=O) groups is 2. The van der Waals surface area contributed by atoms with Gasteiger partial charge in [-0.1, -0.05) is 18.2 Å². The van der Waals surface area contributed by atoms with Gasteiger partial charge in [0, 0.05) is 31.5 Å². The third-order valence-electron chi connectivity index (χ3n) is 5.28. The Morgan fingerprint density at radius 2 is 2.00 bits per heavy atom. The van der Waals surface area contributed by atoms with Gasteiger partial charge in [0.25, 0.3) is 0 Å². The average Bonchev–Trinajstić information content (AvgIpc) is 3.15. The van der Waals surface area contributed by atoms with Crippen LogP contribution in [-0.2, 0) is 20.7 Å². The molecule has 0 radical (unpaired) electrons. The van der Waals surface area contributed by atoms with E-state index < -0.39 is 0 Å². The van der Waals surface area contributed by atoms with E-state index in [4.69, 9.17) is 9.47 Å². The van der Waals surface area contributed by atoms with E-state index >= 15 is 0 Å². The molecule has 1 heterocycles. The Balaban J connectivity index is 1.43. The number of nitrogens with zero attached hydrogens (tertiary/aromatic N) is 1. The molecule has 1 aromatic carbocycles. The first-order valence-corrected chi connectivity index (χ1v) is 9.45. The lowest BCUT2D eigenvalue weighted by atomic mass is 10.1. The molecule has 2 atom stereocenters. The summed E-state index contributed by atoms with van der Waals surface area (Å²) < 4.78 is 10.6. The standard InChI is InChI=1S/C20H28N2O4/c1-25-18-5-3-2-4-15(18)7-9-19(23)21-17-8-6-16(14-17)20(24)22-10-12-26-13-11-22/h2-5,16-17H,6-14H2,1H3,(H,21,23)/t16-,17+/m0/s1. The molecular formula is C20H28N2O4. The Hall–Kier alpha value is -2.08. The summed E-state index contributed by atoms with van der Waals surface area (Å²) in [6.07, 6.45) is 3.56. The average molecular weight is 360 g/mol. The molecule has 6 nitrogen and oxygen atoms in total. The molecule has 0 aromatic heterocycles. The minimum Gasteiger partial charge on any atom is -0.496 e. The molecule has 2 amide bonds. The van der Waals surface area contributed by atoms with Crippen LogP contribution in [0.1, 0.15) is 31.2 Å². The Morgan fingerprint density at radius 3 is 2.77 bits per heavy atom. The van der Waals surface area contributed by atoms with Gasteiger partial charge < -0.3 is 19.7 Å². The number of ether oxygens (including phenoxy) is 2. The molecule has 26 heavy (non-hydrogen) atoms. The van der Waals surface area contributed by atoms with Crippen LogP contribution in [-0.4, -0.2) is 56.2 Å². The van der Waals surface area contributed by atoms with Gasteiger partial charge in [-0.2, -0.15) is 0 Å². The number of amides is 2. The highest BCUT2D eigenvalue weighted by molar-refractivity contribution is 5.80. The number of hydrogen-bond acceptors (Lipinski definition) is 4. The monoisotopic (exact) mass is 360 g/mol. The lowest BCUT2D eigenvalue weighted by Gasteiger charge is -2.29. The first kappa shape index (κ1) is 18.7. The van der Waals surface area contributed by atoms with Gasteiger partial charge in [-0.25, -0.2) is 0 Å². The second kappa shape index (κ2) is 9.03. The van der Waals surface area contributed by atoms with Crippen LogP contribution in [0.5, 0.6) is 5.75 Å². The third kappa shape index (κ3) is 4.75. The summed E-state index contributed by atoms with van der Waals surface area (Å²) >= 11 is 0. The smallest absolute Gasteiger partial charge is 0.225 e. The molecule has 2 aliphatic rings. The zero-order chi connectivity index (χ0) is 18.4. The van der Waals surface area contributed by atoms with E-state index in [1.807, 2.05) is 29.2 Å². The molecule has 6 heteroatoms. The molecule has 1 N–H and O–H groups in total. The maximum atomic E-state index is 12.6. The SMILES string of the molecule is COc1ccccc1CCC(=O)N[C@@H]1CC[C@H](C(=O)N2CCOCC2)C1. The predicted octanol–water partition coefficient (Wildman–Crippen LogP) is 1.77. The van der Waals surface area contributed by atoms with Crippen LogP contribution >= 0.6 is 0 Å². The maximum Gasteiger partial charge on any atom is 0.225 e. The Labute approximate surface area is 154 Å². The van der Waals surface area contributed by atoms with Gasteiger partial charge in [0.05, 0.1) is 20.3 Å². The molecule has 1 saturated carbocycles. The Bertz CT molecular complexity index is 628. The summed E-state index contributed by atoms with van der Waals surface area (Å²) in [6.45, 7) is 2.62. The number of rotatable bonds is 6. The molecular weight excluding hydrogens is 332 g/mol. The van der Waals surface area contributed by atoms with Crippen LogP contribution in [0.25, 0.3) is 0 Å². The first-order chi connectivity index (χ1) is 12.7. The van der Waals surface area contributed by atoms with Crippen molar-refractivity contribution in [2.24, 2.45) is 5.92 Å². The van der Waals surface area contributed by atoms with Crippen molar-refractivity contribution < 1.29 is 19.1 Å². The number of carbonyl (C=O) groups excluding carboxylic acids is 2. The molecule has 1 aliphatic carbocycles. The molecule has 0 spiro atoms. The molecule has 2 fully saturated rings. The van der Waals surface area contributed by atoms with Gasteiger partial charge in [-0.05, 0) is 37.3 Å². The van der Waals surface area contributed by atoms with Crippen molar-refractivity contribution in [3.05, 3.63) is 29.8 Å². The fraction of sp³-hybridized carbons (Fsp3) is 0.600. The first-order valence-electron chi connectivity index (χ1n) is 9.45. The zero-order valence-corrected chi connectivity index (χ0v) is 15.4. The number of morpholine rings is 1. The molecule has 0 bridgehead atoms. The number of hydrogen-bond donors (Lipinski definition) is 1. The van der Waals surface area contributed by atoms with Crippen LogP contribution in [0.4, 0.5) is 0 Å². The highest BCUT2D eigenvalue weighted by atomic mass is 16.5. The van der Waals surface area contributed by atoms with Crippen LogP contribution in [0.3, 0.4) is 0 Å². The highest BCUT2D eigenvalue weighted by Gasteiger charge is 2.33. The quantitative estimate of drug-likeness (QED) is 0.840. The number of methoxy groups -OCH3 is 1. The summed E-state index contributed by atoms with van der Waals surface area (Å²) in [5.74, 6) is 1.12. The number of benzene rings is 1. The van der Waals surface area contributed by atoms with Gasteiger partial charge >= 0.3 is 0 Å². The van der Waals surface area contributed by atoms with Crippen molar-refractivity contribution in [1.29, 1.82) is 0 Å². The van der Waals surface area contributed by atoms with Crippen LogP contribution in [0.15, 0.2) is 24.3 Å². The summed E-state index contributed by atoms with van der Waals surface area (Å²) in [5, 5.41) is 3.10. The number of aryl methyl sites for hydroxylation is 1. The predicted molar refractivity (Wildman–Crippen MR) is 98.0 cm³/mol. The van der Waals surface area contributed by atoms with Gasteiger partial charge in [0.15, 0.2) is 0 Å². The van der Waals surface area contributed by atoms with Gasteiger partial charge in [0.1, 0.15) is 5.75 Å². The molecule has 1 saturated heterocycles. The molecule has 0 unspecified atom stereocenters. The Kier molecular flexibility index (Phi) is 6.50. The number of para-hydroxylation sites is 1. The minimum absolute atomic E-state index is 0.0348. The zero-order valence-electron chi connectivity index (χ0n) is 15.4. The van der Waals surface area contributed by atoms with Gasteiger partial charge in [-0.15, -0.1) is 0 Å². The molecule has 142 valence electrons. The third-order valence-corrected chi connectivity index (χ3v) is 5.28. The van der Waals surface area contributed by atoms with Crippen molar-refractivity contribution in [2.75, 3.05) is 33.4 Å². The topological polar surface area (TPSA) is 67.9 Å². The highest BCUT2D eigenvalue weighted by Crippen LogP contribution is 2.28. The maximum absolute atomic E-state index is 12.6. The van der Waals surface area contributed by atoms with Crippen molar-refractivity contribution in [2.45, 2.75) is 38.1 Å². The van der Waals surface area contributed by atoms with E-state index in [9.17, 15) is 9.59 Å². The summed E-state index contributed by atoms with van der Waals surface area (Å²) in [5.41, 5.74) is 1.04. The van der Waals surface area contributed by atoms with Gasteiger partial charge in [0.2, 0.25) is 11.8 Å². The Morgan fingerprint density at radius 1 is 1.23 bits per heavy atom. The van der Waals surface area contributed by atoms with Crippen LogP contribution in [0.2, 0.25) is 0 Å². The fourth-order valence-electron chi connectivity index (χ4n) is 3.84. The fourth-order valence-corrected chi connectivity index (χ4v) is 3.84. The van der Waals surface area contributed by atoms with E-state index in [2.05, 4.69) is 5.32 Å². The summed E-state index contributed by atoms with van der Waals surface area (Å²) in [4.78, 5) is 26.7. The summed E-state index contributed by atoms with van der Waals surface area (Å²) in [6, 6.07) is 7.88. The number of nitrogens with one attached hydrogen (secondary N) is 1. The van der Waals surface area contributed by atoms with E-state index in [1.54, 1.807) is 7.11 Å². The van der Waals surface area contributed by atoms with Crippen LogP contribution < -0.4 is 10.1 Å². The lowest BCUT2D eigenvalue weighted by molar-refractivity contribution is -0.139. The molecule has 1 aromatic rings.